The van der Waals surface area contributed by atoms with Crippen LogP contribution in [0.1, 0.15) is 19.0 Å². The van der Waals surface area contributed by atoms with E-state index in [1.807, 2.05) is 6.92 Å². The maximum Gasteiger partial charge on any atom is 0.433 e. The first-order valence-corrected chi connectivity index (χ1v) is 6.73. The maximum absolute atomic E-state index is 13.8. The number of nitrogens with zero attached hydrogens (tertiary/aromatic N) is 1. The van der Waals surface area contributed by atoms with E-state index < -0.39 is 17.7 Å². The second kappa shape index (κ2) is 5.55. The summed E-state index contributed by atoms with van der Waals surface area (Å²) < 4.78 is 52.7. The summed E-state index contributed by atoms with van der Waals surface area (Å²) in [6.07, 6.45) is -3.88. The van der Waals surface area contributed by atoms with Gasteiger partial charge in [-0.3, -0.25) is 0 Å². The van der Waals surface area contributed by atoms with Crippen LogP contribution in [0.2, 0.25) is 0 Å². The Morgan fingerprint density at radius 2 is 1.95 bits per heavy atom. The molecule has 0 bridgehead atoms. The first-order chi connectivity index (χ1) is 9.32. The lowest BCUT2D eigenvalue weighted by Gasteiger charge is -2.13. The van der Waals surface area contributed by atoms with Gasteiger partial charge >= 0.3 is 6.18 Å². The maximum atomic E-state index is 13.8. The van der Waals surface area contributed by atoms with E-state index >= 15 is 0 Å². The molecule has 108 valence electrons. The first-order valence-electron chi connectivity index (χ1n) is 5.93. The molecule has 0 aliphatic heterocycles. The largest absolute Gasteiger partial charge is 0.433 e. The van der Waals surface area contributed by atoms with Crippen LogP contribution >= 0.6 is 15.9 Å². The number of rotatable bonds is 3. The molecule has 1 heterocycles. The molecule has 0 aliphatic rings. The van der Waals surface area contributed by atoms with Crippen molar-refractivity contribution in [3.05, 3.63) is 34.2 Å². The Kier molecular flexibility index (Phi) is 4.17. The van der Waals surface area contributed by atoms with Crippen molar-refractivity contribution in [2.45, 2.75) is 19.5 Å². The van der Waals surface area contributed by atoms with Gasteiger partial charge in [0.1, 0.15) is 11.2 Å². The highest BCUT2D eigenvalue weighted by Crippen LogP contribution is 2.35. The van der Waals surface area contributed by atoms with Crippen LogP contribution in [-0.2, 0) is 6.18 Å². The molecule has 20 heavy (non-hydrogen) atoms. The van der Waals surface area contributed by atoms with Gasteiger partial charge in [-0.15, -0.1) is 0 Å². The third kappa shape index (κ3) is 3.03. The molecule has 0 fully saturated rings. The highest BCUT2D eigenvalue weighted by atomic mass is 79.9. The summed E-state index contributed by atoms with van der Waals surface area (Å²) in [5.74, 6) is -0.792. The molecule has 0 unspecified atom stereocenters. The molecule has 2 nitrogen and oxygen atoms in total. The quantitative estimate of drug-likeness (QED) is 0.790. The molecule has 0 spiro atoms. The Morgan fingerprint density at radius 3 is 2.55 bits per heavy atom. The summed E-state index contributed by atoms with van der Waals surface area (Å²) in [6, 6.07) is 3.55. The van der Waals surface area contributed by atoms with E-state index in [0.29, 0.717) is 16.4 Å². The van der Waals surface area contributed by atoms with Gasteiger partial charge in [0.15, 0.2) is 5.82 Å². The molecule has 0 aliphatic carbocycles. The molecule has 1 N–H and O–H groups in total. The summed E-state index contributed by atoms with van der Waals surface area (Å²) in [5.41, 5.74) is -1.17. The van der Waals surface area contributed by atoms with Crippen molar-refractivity contribution in [1.29, 1.82) is 0 Å². The number of hydrogen-bond donors (Lipinski definition) is 1. The summed E-state index contributed by atoms with van der Waals surface area (Å²) in [5, 5.41) is 3.19. The topological polar surface area (TPSA) is 24.9 Å². The Balaban J connectivity index is 2.71. The van der Waals surface area contributed by atoms with Gasteiger partial charge in [-0.2, -0.15) is 13.2 Å². The zero-order valence-electron chi connectivity index (χ0n) is 10.5. The Labute approximate surface area is 121 Å². The smallest absolute Gasteiger partial charge is 0.384 e. The van der Waals surface area contributed by atoms with Gasteiger partial charge < -0.3 is 5.32 Å². The number of halogens is 5. The molecule has 1 aromatic carbocycles. The summed E-state index contributed by atoms with van der Waals surface area (Å²) in [7, 11) is 0. The van der Waals surface area contributed by atoms with Gasteiger partial charge in [-0.05, 0) is 24.6 Å². The van der Waals surface area contributed by atoms with E-state index in [1.54, 1.807) is 6.07 Å². The molecular formula is C13H11BrF4N2. The van der Waals surface area contributed by atoms with Gasteiger partial charge in [-0.1, -0.05) is 22.9 Å². The van der Waals surface area contributed by atoms with Crippen LogP contribution in [0.3, 0.4) is 0 Å². The minimum absolute atomic E-state index is 0.226. The van der Waals surface area contributed by atoms with E-state index in [9.17, 15) is 17.6 Å². The van der Waals surface area contributed by atoms with Gasteiger partial charge in [0.2, 0.25) is 0 Å². The predicted molar refractivity (Wildman–Crippen MR) is 73.2 cm³/mol. The van der Waals surface area contributed by atoms with E-state index in [2.05, 4.69) is 26.2 Å². The molecule has 2 aromatic rings. The summed E-state index contributed by atoms with van der Waals surface area (Å²) >= 11 is 3.13. The lowest BCUT2D eigenvalue weighted by Crippen LogP contribution is -2.11. The predicted octanol–water partition coefficient (Wildman–Crippen LogP) is 4.98. The van der Waals surface area contributed by atoms with Gasteiger partial charge in [0.25, 0.3) is 0 Å². The van der Waals surface area contributed by atoms with Crippen LogP contribution in [-0.4, -0.2) is 11.5 Å². The number of aromatic nitrogens is 1. The summed E-state index contributed by atoms with van der Waals surface area (Å²) in [6.45, 7) is 2.38. The Morgan fingerprint density at radius 1 is 1.25 bits per heavy atom. The van der Waals surface area contributed by atoms with Crippen molar-refractivity contribution in [3.63, 3.8) is 0 Å². The number of benzene rings is 1. The number of alkyl halides is 3. The number of pyridine rings is 1. The van der Waals surface area contributed by atoms with Crippen molar-refractivity contribution in [2.75, 3.05) is 11.9 Å². The van der Waals surface area contributed by atoms with Crippen LogP contribution < -0.4 is 5.32 Å². The lowest BCUT2D eigenvalue weighted by atomic mass is 10.1. The molecule has 0 radical (unpaired) electrons. The highest BCUT2D eigenvalue weighted by molar-refractivity contribution is 9.10. The lowest BCUT2D eigenvalue weighted by molar-refractivity contribution is -0.140. The van der Waals surface area contributed by atoms with Crippen LogP contribution in [0.25, 0.3) is 10.9 Å². The molecule has 2 rings (SSSR count). The van der Waals surface area contributed by atoms with Crippen molar-refractivity contribution >= 4 is 32.5 Å². The fourth-order valence-electron chi connectivity index (χ4n) is 1.80. The van der Waals surface area contributed by atoms with E-state index in [0.717, 1.165) is 18.6 Å². The second-order valence-electron chi connectivity index (χ2n) is 4.26. The molecule has 0 atom stereocenters. The van der Waals surface area contributed by atoms with Crippen LogP contribution in [0.4, 0.5) is 23.2 Å². The van der Waals surface area contributed by atoms with Gasteiger partial charge in [0, 0.05) is 22.1 Å². The molecule has 0 saturated carbocycles. The average molecular weight is 351 g/mol. The van der Waals surface area contributed by atoms with Crippen LogP contribution in [0, 0.1) is 5.82 Å². The van der Waals surface area contributed by atoms with E-state index in [4.69, 9.17) is 0 Å². The number of hydrogen-bond acceptors (Lipinski definition) is 2. The average Bonchev–Trinajstić information content (AvgIpc) is 2.34. The minimum atomic E-state index is -4.61. The van der Waals surface area contributed by atoms with Crippen molar-refractivity contribution in [3.8, 4) is 0 Å². The third-order valence-electron chi connectivity index (χ3n) is 2.69. The first kappa shape index (κ1) is 15.0. The Hall–Kier alpha value is -1.37. The fourth-order valence-corrected chi connectivity index (χ4v) is 2.23. The Bertz CT molecular complexity index is 640. The van der Waals surface area contributed by atoms with Crippen molar-refractivity contribution in [2.24, 2.45) is 0 Å². The second-order valence-corrected chi connectivity index (χ2v) is 5.18. The normalized spacial score (nSPS) is 11.9. The standard InChI is InChI=1S/C13H11BrF4N2/c1-2-3-19-10-6-11(13(16,17)18)20-12-8(10)4-7(14)5-9(12)15/h4-6H,2-3H2,1H3,(H,19,20). The number of nitrogens with one attached hydrogen (secondary N) is 1. The minimum Gasteiger partial charge on any atom is -0.384 e. The zero-order valence-corrected chi connectivity index (χ0v) is 12.1. The zero-order chi connectivity index (χ0) is 14.9. The third-order valence-corrected chi connectivity index (χ3v) is 3.15. The van der Waals surface area contributed by atoms with Crippen LogP contribution in [0.15, 0.2) is 22.7 Å². The van der Waals surface area contributed by atoms with E-state index in [1.165, 1.54) is 0 Å². The fraction of sp³-hybridized carbons (Fsp3) is 0.308. The number of fused-ring (bicyclic) bond motifs is 1. The molecule has 0 saturated heterocycles. The van der Waals surface area contributed by atoms with Crippen molar-refractivity contribution in [1.82, 2.24) is 4.98 Å². The summed E-state index contributed by atoms with van der Waals surface area (Å²) in [4.78, 5) is 3.40. The van der Waals surface area contributed by atoms with Crippen molar-refractivity contribution < 1.29 is 17.6 Å². The molecular weight excluding hydrogens is 340 g/mol. The van der Waals surface area contributed by atoms with Gasteiger partial charge in [0.05, 0.1) is 0 Å². The van der Waals surface area contributed by atoms with Crippen LogP contribution in [0.5, 0.6) is 0 Å². The highest BCUT2D eigenvalue weighted by Gasteiger charge is 2.33. The van der Waals surface area contributed by atoms with Gasteiger partial charge in [-0.25, -0.2) is 9.37 Å². The molecule has 0 amide bonds. The molecule has 7 heteroatoms. The number of anilines is 1. The molecule has 1 aromatic heterocycles. The SMILES string of the molecule is CCCNc1cc(C(F)(F)F)nc2c(F)cc(Br)cc12. The monoisotopic (exact) mass is 350 g/mol. The van der Waals surface area contributed by atoms with E-state index in [-0.39, 0.29) is 11.2 Å².